The van der Waals surface area contributed by atoms with E-state index in [1.165, 1.54) is 76.2 Å². The van der Waals surface area contributed by atoms with Gasteiger partial charge in [-0.1, -0.05) is 84.3 Å². The van der Waals surface area contributed by atoms with E-state index in [1.54, 1.807) is 0 Å². The Labute approximate surface area is 170 Å². The molecule has 0 aromatic heterocycles. The molecule has 27 heavy (non-hydrogen) atoms. The summed E-state index contributed by atoms with van der Waals surface area (Å²) in [6.45, 7) is 13.4. The number of rotatable bonds is 15. The minimum absolute atomic E-state index is 0.0376. The second-order valence-corrected chi connectivity index (χ2v) is 9.54. The smallest absolute Gasteiger partial charge is 0.157 e. The maximum atomic E-state index is 5.80. The Morgan fingerprint density at radius 2 is 1.56 bits per heavy atom. The van der Waals surface area contributed by atoms with E-state index in [0.717, 1.165) is 30.8 Å². The molecular formula is C25H48O2. The average Bonchev–Trinajstić information content (AvgIpc) is 2.62. The Bertz CT molecular complexity index is 369. The van der Waals surface area contributed by atoms with Crippen LogP contribution in [-0.4, -0.2) is 19.5 Å². The molecule has 1 rings (SSSR count). The molecule has 0 amide bonds. The average molecular weight is 381 g/mol. The zero-order valence-corrected chi connectivity index (χ0v) is 19.1. The first kappa shape index (κ1) is 24.7. The van der Waals surface area contributed by atoms with Gasteiger partial charge in [-0.3, -0.25) is 0 Å². The zero-order valence-electron chi connectivity index (χ0n) is 19.1. The molecule has 1 heterocycles. The quantitative estimate of drug-likeness (QED) is 0.269. The van der Waals surface area contributed by atoms with Crippen LogP contribution in [0.5, 0.6) is 0 Å². The second kappa shape index (κ2) is 15.6. The van der Waals surface area contributed by atoms with Crippen LogP contribution in [0.4, 0.5) is 0 Å². The number of hydrogen-bond donors (Lipinski definition) is 0. The Balaban J connectivity index is 1.98. The highest BCUT2D eigenvalue weighted by Gasteiger charge is 2.13. The van der Waals surface area contributed by atoms with E-state index in [0.29, 0.717) is 6.61 Å². The molecule has 1 saturated heterocycles. The predicted octanol–water partition coefficient (Wildman–Crippen LogP) is 7.92. The van der Waals surface area contributed by atoms with Gasteiger partial charge >= 0.3 is 0 Å². The van der Waals surface area contributed by atoms with Crippen molar-refractivity contribution in [3.63, 3.8) is 0 Å². The molecule has 1 aliphatic rings. The van der Waals surface area contributed by atoms with Crippen LogP contribution in [0.3, 0.4) is 0 Å². The van der Waals surface area contributed by atoms with E-state index < -0.39 is 0 Å². The summed E-state index contributed by atoms with van der Waals surface area (Å²) < 4.78 is 11.4. The maximum Gasteiger partial charge on any atom is 0.157 e. The molecular weight excluding hydrogens is 332 g/mol. The van der Waals surface area contributed by atoms with Crippen molar-refractivity contribution in [3.8, 4) is 0 Å². The molecule has 1 fully saturated rings. The first-order valence-corrected chi connectivity index (χ1v) is 11.9. The first-order valence-electron chi connectivity index (χ1n) is 11.9. The minimum atomic E-state index is 0.0376. The molecule has 2 heteroatoms. The van der Waals surface area contributed by atoms with Gasteiger partial charge in [0.25, 0.3) is 0 Å². The molecule has 0 aliphatic carbocycles. The van der Waals surface area contributed by atoms with Gasteiger partial charge in [-0.15, -0.1) is 0 Å². The van der Waals surface area contributed by atoms with E-state index in [1.807, 2.05) is 0 Å². The van der Waals surface area contributed by atoms with Crippen molar-refractivity contribution in [3.05, 3.63) is 11.6 Å². The maximum absolute atomic E-state index is 5.80. The Morgan fingerprint density at radius 1 is 0.926 bits per heavy atom. The fraction of sp³-hybridized carbons (Fsp3) is 0.920. The largest absolute Gasteiger partial charge is 0.353 e. The molecule has 0 N–H and O–H groups in total. The van der Waals surface area contributed by atoms with Crippen LogP contribution in [0, 0.1) is 17.8 Å². The highest BCUT2D eigenvalue weighted by Crippen LogP contribution is 2.22. The summed E-state index contributed by atoms with van der Waals surface area (Å²) >= 11 is 0. The van der Waals surface area contributed by atoms with Crippen molar-refractivity contribution in [2.45, 2.75) is 118 Å². The molecule has 0 aromatic rings. The Morgan fingerprint density at radius 3 is 2.15 bits per heavy atom. The van der Waals surface area contributed by atoms with Crippen LogP contribution in [-0.2, 0) is 9.47 Å². The van der Waals surface area contributed by atoms with Gasteiger partial charge in [0.1, 0.15) is 0 Å². The summed E-state index contributed by atoms with van der Waals surface area (Å²) in [6, 6.07) is 0. The van der Waals surface area contributed by atoms with Gasteiger partial charge in [0, 0.05) is 6.61 Å². The second-order valence-electron chi connectivity index (χ2n) is 9.54. The molecule has 2 nitrogen and oxygen atoms in total. The van der Waals surface area contributed by atoms with Crippen molar-refractivity contribution in [1.82, 2.24) is 0 Å². The monoisotopic (exact) mass is 380 g/mol. The lowest BCUT2D eigenvalue weighted by molar-refractivity contribution is -0.155. The minimum Gasteiger partial charge on any atom is -0.353 e. The molecule has 3 atom stereocenters. The van der Waals surface area contributed by atoms with Crippen molar-refractivity contribution < 1.29 is 9.47 Å². The number of hydrogen-bond acceptors (Lipinski definition) is 2. The van der Waals surface area contributed by atoms with E-state index >= 15 is 0 Å². The van der Waals surface area contributed by atoms with Gasteiger partial charge in [-0.05, 0) is 56.8 Å². The fourth-order valence-corrected chi connectivity index (χ4v) is 3.95. The zero-order chi connectivity index (χ0) is 19.9. The molecule has 0 spiro atoms. The number of allylic oxidation sites excluding steroid dienone is 1. The molecule has 0 aromatic carbocycles. The molecule has 1 aliphatic heterocycles. The third-order valence-electron chi connectivity index (χ3n) is 5.99. The Kier molecular flexibility index (Phi) is 14.2. The lowest BCUT2D eigenvalue weighted by Crippen LogP contribution is -2.22. The van der Waals surface area contributed by atoms with E-state index in [2.05, 4.69) is 40.7 Å². The van der Waals surface area contributed by atoms with Crippen LogP contribution in [0.25, 0.3) is 0 Å². The van der Waals surface area contributed by atoms with Crippen molar-refractivity contribution in [1.29, 1.82) is 0 Å². The lowest BCUT2D eigenvalue weighted by Gasteiger charge is -2.22. The fourth-order valence-electron chi connectivity index (χ4n) is 3.95. The molecule has 0 saturated carbocycles. The van der Waals surface area contributed by atoms with Crippen LogP contribution in [0.1, 0.15) is 112 Å². The third kappa shape index (κ3) is 14.3. The summed E-state index contributed by atoms with van der Waals surface area (Å²) in [5.41, 5.74) is 1.47. The molecule has 160 valence electrons. The lowest BCUT2D eigenvalue weighted by atomic mass is 9.91. The predicted molar refractivity (Wildman–Crippen MR) is 118 cm³/mol. The molecule has 3 unspecified atom stereocenters. The summed E-state index contributed by atoms with van der Waals surface area (Å²) in [5.74, 6) is 2.64. The molecule has 0 radical (unpaired) electrons. The highest BCUT2D eigenvalue weighted by atomic mass is 16.7. The van der Waals surface area contributed by atoms with Crippen LogP contribution >= 0.6 is 0 Å². The normalized spacial score (nSPS) is 20.8. The SMILES string of the molecule is C/C(=C\COC1CCCCO1)CCCC(C)CCCC(C)CCCC(C)C. The van der Waals surface area contributed by atoms with Crippen LogP contribution in [0.2, 0.25) is 0 Å². The van der Waals surface area contributed by atoms with Crippen LogP contribution < -0.4 is 0 Å². The highest BCUT2D eigenvalue weighted by molar-refractivity contribution is 4.97. The summed E-state index contributed by atoms with van der Waals surface area (Å²) in [7, 11) is 0. The third-order valence-corrected chi connectivity index (χ3v) is 5.99. The van der Waals surface area contributed by atoms with Gasteiger partial charge in [0.05, 0.1) is 6.61 Å². The summed E-state index contributed by atoms with van der Waals surface area (Å²) in [4.78, 5) is 0. The van der Waals surface area contributed by atoms with Gasteiger partial charge in [0.15, 0.2) is 6.29 Å². The van der Waals surface area contributed by atoms with E-state index in [9.17, 15) is 0 Å². The number of ether oxygens (including phenoxy) is 2. The van der Waals surface area contributed by atoms with Crippen molar-refractivity contribution in [2.75, 3.05) is 13.2 Å². The van der Waals surface area contributed by atoms with Gasteiger partial charge in [-0.2, -0.15) is 0 Å². The summed E-state index contributed by atoms with van der Waals surface area (Å²) in [6.07, 6.45) is 18.1. The standard InChI is InChI=1S/C25H48O2/c1-21(2)11-8-12-22(3)13-9-14-23(4)15-10-16-24(5)18-20-27-25-17-6-7-19-26-25/h18,21-23,25H,6-17,19-20H2,1-5H3/b24-18+. The van der Waals surface area contributed by atoms with E-state index in [-0.39, 0.29) is 6.29 Å². The summed E-state index contributed by atoms with van der Waals surface area (Å²) in [5, 5.41) is 0. The topological polar surface area (TPSA) is 18.5 Å². The van der Waals surface area contributed by atoms with Crippen molar-refractivity contribution >= 4 is 0 Å². The van der Waals surface area contributed by atoms with Gasteiger partial charge in [0.2, 0.25) is 0 Å². The van der Waals surface area contributed by atoms with Gasteiger partial charge in [-0.25, -0.2) is 0 Å². The molecule has 0 bridgehead atoms. The Hall–Kier alpha value is -0.340. The van der Waals surface area contributed by atoms with Crippen molar-refractivity contribution in [2.24, 2.45) is 17.8 Å². The van der Waals surface area contributed by atoms with E-state index in [4.69, 9.17) is 9.47 Å². The first-order chi connectivity index (χ1) is 13.0. The van der Waals surface area contributed by atoms with Crippen LogP contribution in [0.15, 0.2) is 11.6 Å². The van der Waals surface area contributed by atoms with Gasteiger partial charge < -0.3 is 9.47 Å².